The molecule has 0 fully saturated rings. The number of nitrogen functional groups attached to an aromatic ring is 2. The highest BCUT2D eigenvalue weighted by molar-refractivity contribution is 5.74. The molecule has 0 bridgehead atoms. The first-order valence-electron chi connectivity index (χ1n) is 5.99. The van der Waals surface area contributed by atoms with Crippen molar-refractivity contribution < 1.29 is 9.47 Å². The van der Waals surface area contributed by atoms with Crippen molar-refractivity contribution >= 4 is 11.4 Å². The van der Waals surface area contributed by atoms with Crippen LogP contribution >= 0.6 is 0 Å². The normalized spacial score (nSPS) is 10.2. The van der Waals surface area contributed by atoms with Crippen molar-refractivity contribution in [2.75, 3.05) is 25.7 Å². The van der Waals surface area contributed by atoms with E-state index in [2.05, 4.69) is 0 Å². The highest BCUT2D eigenvalue weighted by Crippen LogP contribution is 2.31. The minimum atomic E-state index is 0.494. The quantitative estimate of drug-likeness (QED) is 0.826. The summed E-state index contributed by atoms with van der Waals surface area (Å²) >= 11 is 0. The Labute approximate surface area is 112 Å². The summed E-state index contributed by atoms with van der Waals surface area (Å²) in [6.45, 7) is 0. The van der Waals surface area contributed by atoms with Crippen molar-refractivity contribution in [3.63, 3.8) is 0 Å². The van der Waals surface area contributed by atoms with E-state index in [4.69, 9.17) is 20.9 Å². The molecule has 0 heterocycles. The zero-order chi connectivity index (χ0) is 13.8. The molecule has 4 nitrogen and oxygen atoms in total. The van der Waals surface area contributed by atoms with Crippen molar-refractivity contribution in [3.05, 3.63) is 47.5 Å². The van der Waals surface area contributed by atoms with E-state index in [1.54, 1.807) is 14.2 Å². The number of benzene rings is 2. The van der Waals surface area contributed by atoms with Crippen LogP contribution < -0.4 is 20.9 Å². The Balaban J connectivity index is 2.25. The second kappa shape index (κ2) is 5.52. The number of ether oxygens (including phenoxy) is 2. The zero-order valence-corrected chi connectivity index (χ0v) is 11.1. The van der Waals surface area contributed by atoms with E-state index in [1.807, 2.05) is 36.4 Å². The molecule has 2 aromatic carbocycles. The molecular weight excluding hydrogens is 240 g/mol. The molecule has 2 rings (SSSR count). The summed E-state index contributed by atoms with van der Waals surface area (Å²) in [5.74, 6) is 1.45. The van der Waals surface area contributed by atoms with Crippen molar-refractivity contribution in [2.24, 2.45) is 0 Å². The SMILES string of the molecule is COc1ccc(Cc2ccc(OC)c(N)c2N)cc1. The van der Waals surface area contributed by atoms with Gasteiger partial charge in [0.15, 0.2) is 0 Å². The Morgan fingerprint density at radius 1 is 0.842 bits per heavy atom. The van der Waals surface area contributed by atoms with E-state index in [0.717, 1.165) is 23.3 Å². The monoisotopic (exact) mass is 258 g/mol. The standard InChI is InChI=1S/C15H18N2O2/c1-18-12-6-3-10(4-7-12)9-11-5-8-13(19-2)15(17)14(11)16/h3-8H,9,16-17H2,1-2H3. The zero-order valence-electron chi connectivity index (χ0n) is 11.1. The van der Waals surface area contributed by atoms with Crippen molar-refractivity contribution in [1.29, 1.82) is 0 Å². The topological polar surface area (TPSA) is 70.5 Å². The van der Waals surface area contributed by atoms with Gasteiger partial charge < -0.3 is 20.9 Å². The lowest BCUT2D eigenvalue weighted by atomic mass is 10.0. The molecule has 0 atom stereocenters. The van der Waals surface area contributed by atoms with E-state index in [0.29, 0.717) is 17.1 Å². The van der Waals surface area contributed by atoms with E-state index in [-0.39, 0.29) is 0 Å². The van der Waals surface area contributed by atoms with Crippen LogP contribution in [0.3, 0.4) is 0 Å². The summed E-state index contributed by atoms with van der Waals surface area (Å²) < 4.78 is 10.3. The largest absolute Gasteiger partial charge is 0.497 e. The third kappa shape index (κ3) is 2.73. The molecule has 0 spiro atoms. The third-order valence-corrected chi connectivity index (χ3v) is 3.11. The maximum Gasteiger partial charge on any atom is 0.143 e. The molecule has 0 saturated carbocycles. The molecule has 4 N–H and O–H groups in total. The Hall–Kier alpha value is -2.36. The Kier molecular flexibility index (Phi) is 3.80. The molecule has 0 aromatic heterocycles. The van der Waals surface area contributed by atoms with Crippen LogP contribution in [0.15, 0.2) is 36.4 Å². The molecule has 100 valence electrons. The fourth-order valence-corrected chi connectivity index (χ4v) is 1.96. The van der Waals surface area contributed by atoms with Gasteiger partial charge in [-0.25, -0.2) is 0 Å². The first-order valence-corrected chi connectivity index (χ1v) is 5.99. The molecule has 0 aliphatic carbocycles. The van der Waals surface area contributed by atoms with Gasteiger partial charge in [-0.3, -0.25) is 0 Å². The second-order valence-corrected chi connectivity index (χ2v) is 4.28. The molecular formula is C15H18N2O2. The van der Waals surface area contributed by atoms with Gasteiger partial charge in [-0.2, -0.15) is 0 Å². The van der Waals surface area contributed by atoms with E-state index in [9.17, 15) is 0 Å². The summed E-state index contributed by atoms with van der Waals surface area (Å²) in [5.41, 5.74) is 15.2. The molecule has 2 aromatic rings. The lowest BCUT2D eigenvalue weighted by molar-refractivity contribution is 0.414. The Bertz CT molecular complexity index is 565. The van der Waals surface area contributed by atoms with Gasteiger partial charge in [0.05, 0.1) is 25.6 Å². The van der Waals surface area contributed by atoms with Gasteiger partial charge in [0.2, 0.25) is 0 Å². The summed E-state index contributed by atoms with van der Waals surface area (Å²) in [5, 5.41) is 0. The van der Waals surface area contributed by atoms with E-state index in [1.165, 1.54) is 0 Å². The third-order valence-electron chi connectivity index (χ3n) is 3.11. The van der Waals surface area contributed by atoms with Gasteiger partial charge in [0.1, 0.15) is 11.5 Å². The van der Waals surface area contributed by atoms with E-state index >= 15 is 0 Å². The molecule has 19 heavy (non-hydrogen) atoms. The lowest BCUT2D eigenvalue weighted by Crippen LogP contribution is -2.03. The molecule has 0 aliphatic rings. The van der Waals surface area contributed by atoms with Crippen molar-refractivity contribution in [3.8, 4) is 11.5 Å². The molecule has 0 aliphatic heterocycles. The summed E-state index contributed by atoms with van der Waals surface area (Å²) in [7, 11) is 3.23. The van der Waals surface area contributed by atoms with Gasteiger partial charge in [-0.15, -0.1) is 0 Å². The summed E-state index contributed by atoms with van der Waals surface area (Å²) in [6, 6.07) is 11.7. The minimum Gasteiger partial charge on any atom is -0.497 e. The van der Waals surface area contributed by atoms with Crippen molar-refractivity contribution in [1.82, 2.24) is 0 Å². The number of hydrogen-bond acceptors (Lipinski definition) is 4. The van der Waals surface area contributed by atoms with Gasteiger partial charge in [-0.05, 0) is 35.7 Å². The maximum absolute atomic E-state index is 6.03. The van der Waals surface area contributed by atoms with Gasteiger partial charge >= 0.3 is 0 Å². The van der Waals surface area contributed by atoms with Gasteiger partial charge in [0.25, 0.3) is 0 Å². The number of anilines is 2. The Morgan fingerprint density at radius 2 is 1.53 bits per heavy atom. The minimum absolute atomic E-state index is 0.494. The number of nitrogens with two attached hydrogens (primary N) is 2. The van der Waals surface area contributed by atoms with Crippen LogP contribution in [0.1, 0.15) is 11.1 Å². The first-order chi connectivity index (χ1) is 9.15. The van der Waals surface area contributed by atoms with Crippen molar-refractivity contribution in [2.45, 2.75) is 6.42 Å². The molecule has 0 saturated heterocycles. The number of rotatable bonds is 4. The predicted octanol–water partition coefficient (Wildman–Crippen LogP) is 2.46. The van der Waals surface area contributed by atoms with Crippen LogP contribution in [-0.4, -0.2) is 14.2 Å². The van der Waals surface area contributed by atoms with Crippen LogP contribution in [0.25, 0.3) is 0 Å². The second-order valence-electron chi connectivity index (χ2n) is 4.28. The summed E-state index contributed by atoms with van der Waals surface area (Å²) in [4.78, 5) is 0. The lowest BCUT2D eigenvalue weighted by Gasteiger charge is -2.12. The molecule has 0 amide bonds. The smallest absolute Gasteiger partial charge is 0.143 e. The summed E-state index contributed by atoms with van der Waals surface area (Å²) in [6.07, 6.45) is 0.726. The first kappa shape index (κ1) is 13.1. The molecule has 4 heteroatoms. The number of methoxy groups -OCH3 is 2. The predicted molar refractivity (Wildman–Crippen MR) is 77.6 cm³/mol. The van der Waals surface area contributed by atoms with Gasteiger partial charge in [0, 0.05) is 0 Å². The van der Waals surface area contributed by atoms with Crippen LogP contribution in [0, 0.1) is 0 Å². The molecule has 0 unspecified atom stereocenters. The molecule has 0 radical (unpaired) electrons. The highest BCUT2D eigenvalue weighted by Gasteiger charge is 2.09. The fourth-order valence-electron chi connectivity index (χ4n) is 1.96. The van der Waals surface area contributed by atoms with Crippen LogP contribution in [0.2, 0.25) is 0 Å². The average Bonchev–Trinajstić information content (AvgIpc) is 2.45. The van der Waals surface area contributed by atoms with Crippen LogP contribution in [-0.2, 0) is 6.42 Å². The van der Waals surface area contributed by atoms with E-state index < -0.39 is 0 Å². The van der Waals surface area contributed by atoms with Crippen LogP contribution in [0.5, 0.6) is 11.5 Å². The van der Waals surface area contributed by atoms with Crippen LogP contribution in [0.4, 0.5) is 11.4 Å². The Morgan fingerprint density at radius 3 is 2.11 bits per heavy atom. The van der Waals surface area contributed by atoms with Gasteiger partial charge in [-0.1, -0.05) is 18.2 Å². The maximum atomic E-state index is 6.03. The number of hydrogen-bond donors (Lipinski definition) is 2. The highest BCUT2D eigenvalue weighted by atomic mass is 16.5. The average molecular weight is 258 g/mol. The fraction of sp³-hybridized carbons (Fsp3) is 0.200.